The summed E-state index contributed by atoms with van der Waals surface area (Å²) in [5, 5.41) is 7.56. The maximum absolute atomic E-state index is 6.07. The second kappa shape index (κ2) is 10.7. The Morgan fingerprint density at radius 2 is 1.96 bits per heavy atom. The first kappa shape index (κ1) is 20.1. The van der Waals surface area contributed by atoms with Crippen molar-refractivity contribution in [2.45, 2.75) is 58.1 Å². The molecule has 0 spiro atoms. The Labute approximate surface area is 163 Å². The fourth-order valence-electron chi connectivity index (χ4n) is 3.97. The summed E-state index contributed by atoms with van der Waals surface area (Å²) in [6.07, 6.45) is 8.28. The Balaban J connectivity index is 1.33. The van der Waals surface area contributed by atoms with Crippen LogP contribution in [0.15, 0.2) is 15.6 Å². The molecule has 2 fully saturated rings. The van der Waals surface area contributed by atoms with Gasteiger partial charge in [-0.3, -0.25) is 9.89 Å². The van der Waals surface area contributed by atoms with Gasteiger partial charge in [0.15, 0.2) is 5.96 Å². The van der Waals surface area contributed by atoms with Crippen LogP contribution in [0.3, 0.4) is 0 Å². The maximum atomic E-state index is 6.07. The number of aryl methyl sites for hydroxylation is 1. The molecule has 1 saturated heterocycles. The Bertz CT molecular complexity index is 573. The fraction of sp³-hybridized carbons (Fsp3) is 0.800. The summed E-state index contributed by atoms with van der Waals surface area (Å²) in [5.74, 6) is 1.86. The number of guanidine groups is 1. The molecule has 2 heterocycles. The van der Waals surface area contributed by atoms with Crippen molar-refractivity contribution in [2.24, 2.45) is 4.99 Å². The zero-order chi connectivity index (χ0) is 18.9. The molecule has 27 heavy (non-hydrogen) atoms. The molecule has 152 valence electrons. The number of aliphatic imine (C=N–C) groups is 1. The predicted molar refractivity (Wildman–Crippen MR) is 107 cm³/mol. The molecule has 3 rings (SSSR count). The molecule has 0 amide bonds. The highest BCUT2D eigenvalue weighted by Gasteiger charge is 2.20. The highest BCUT2D eigenvalue weighted by molar-refractivity contribution is 5.79. The van der Waals surface area contributed by atoms with Gasteiger partial charge < -0.3 is 19.5 Å². The van der Waals surface area contributed by atoms with E-state index in [1.165, 1.54) is 38.5 Å². The maximum Gasteiger partial charge on any atom is 0.193 e. The van der Waals surface area contributed by atoms with Gasteiger partial charge in [-0.05, 0) is 19.8 Å². The highest BCUT2D eigenvalue weighted by atomic mass is 16.5. The van der Waals surface area contributed by atoms with E-state index >= 15 is 0 Å². The van der Waals surface area contributed by atoms with Crippen molar-refractivity contribution in [1.29, 1.82) is 0 Å². The van der Waals surface area contributed by atoms with E-state index in [0.717, 1.165) is 63.3 Å². The number of aromatic nitrogens is 1. The minimum Gasteiger partial charge on any atom is -0.376 e. The average molecular weight is 378 g/mol. The zero-order valence-electron chi connectivity index (χ0n) is 17.0. The Hall–Kier alpha value is -1.60. The smallest absolute Gasteiger partial charge is 0.193 e. The van der Waals surface area contributed by atoms with Crippen LogP contribution in [0.1, 0.15) is 50.0 Å². The van der Waals surface area contributed by atoms with Crippen molar-refractivity contribution < 1.29 is 9.26 Å². The number of nitrogens with one attached hydrogen (secondary N) is 1. The monoisotopic (exact) mass is 377 g/mol. The fourth-order valence-corrected chi connectivity index (χ4v) is 3.97. The quantitative estimate of drug-likeness (QED) is 0.355. The Morgan fingerprint density at radius 1 is 1.22 bits per heavy atom. The number of piperazine rings is 1. The molecule has 0 unspecified atom stereocenters. The number of hydrogen-bond acceptors (Lipinski definition) is 5. The van der Waals surface area contributed by atoms with E-state index in [4.69, 9.17) is 9.26 Å². The number of nitrogens with zero attached hydrogens (tertiary/aromatic N) is 4. The summed E-state index contributed by atoms with van der Waals surface area (Å²) < 4.78 is 11.2. The van der Waals surface area contributed by atoms with E-state index in [0.29, 0.717) is 6.10 Å². The van der Waals surface area contributed by atoms with E-state index in [2.05, 4.69) is 25.3 Å². The zero-order valence-corrected chi connectivity index (χ0v) is 17.0. The molecule has 1 aromatic heterocycles. The molecule has 1 saturated carbocycles. The third-order valence-electron chi connectivity index (χ3n) is 5.49. The van der Waals surface area contributed by atoms with Gasteiger partial charge in [-0.1, -0.05) is 30.8 Å². The van der Waals surface area contributed by atoms with Crippen LogP contribution in [-0.2, 0) is 11.3 Å². The van der Waals surface area contributed by atoms with E-state index in [1.54, 1.807) is 0 Å². The standard InChI is InChI=1S/C20H35N5O2/c1-17-15-18(23-27-17)16-24-10-12-25(13-11-24)20(21-2)22-9-14-26-19-7-5-3-4-6-8-19/h15,19H,3-14,16H2,1-2H3,(H,21,22). The highest BCUT2D eigenvalue weighted by Crippen LogP contribution is 2.19. The molecule has 0 radical (unpaired) electrons. The number of ether oxygens (including phenoxy) is 1. The largest absolute Gasteiger partial charge is 0.376 e. The molecule has 1 aliphatic heterocycles. The third kappa shape index (κ3) is 6.50. The lowest BCUT2D eigenvalue weighted by Gasteiger charge is -2.36. The first-order valence-corrected chi connectivity index (χ1v) is 10.5. The molecule has 1 N–H and O–H groups in total. The second-order valence-electron chi connectivity index (χ2n) is 7.65. The van der Waals surface area contributed by atoms with Crippen molar-refractivity contribution in [1.82, 2.24) is 20.3 Å². The van der Waals surface area contributed by atoms with Gasteiger partial charge in [0, 0.05) is 52.4 Å². The number of hydrogen-bond donors (Lipinski definition) is 1. The molecule has 0 bridgehead atoms. The van der Waals surface area contributed by atoms with E-state index in [9.17, 15) is 0 Å². The van der Waals surface area contributed by atoms with Gasteiger partial charge in [-0.25, -0.2) is 0 Å². The molecule has 0 aromatic carbocycles. The van der Waals surface area contributed by atoms with E-state index < -0.39 is 0 Å². The van der Waals surface area contributed by atoms with E-state index in [-0.39, 0.29) is 0 Å². The van der Waals surface area contributed by atoms with Crippen LogP contribution in [0.4, 0.5) is 0 Å². The van der Waals surface area contributed by atoms with Crippen LogP contribution in [0.25, 0.3) is 0 Å². The Kier molecular flexibility index (Phi) is 7.95. The minimum absolute atomic E-state index is 0.458. The van der Waals surface area contributed by atoms with Crippen LogP contribution >= 0.6 is 0 Å². The molecule has 7 nitrogen and oxygen atoms in total. The van der Waals surface area contributed by atoms with Crippen LogP contribution < -0.4 is 5.32 Å². The predicted octanol–water partition coefficient (Wildman–Crippen LogP) is 2.42. The molecule has 7 heteroatoms. The van der Waals surface area contributed by atoms with Crippen molar-refractivity contribution >= 4 is 5.96 Å². The molecule has 0 atom stereocenters. The Morgan fingerprint density at radius 3 is 2.59 bits per heavy atom. The lowest BCUT2D eigenvalue weighted by Crippen LogP contribution is -2.52. The normalized spacial score (nSPS) is 20.7. The summed E-state index contributed by atoms with van der Waals surface area (Å²) in [7, 11) is 1.86. The summed E-state index contributed by atoms with van der Waals surface area (Å²) in [4.78, 5) is 9.20. The first-order chi connectivity index (χ1) is 13.2. The summed E-state index contributed by atoms with van der Waals surface area (Å²) in [5.41, 5.74) is 1.01. The lowest BCUT2D eigenvalue weighted by atomic mass is 10.1. The topological polar surface area (TPSA) is 66.1 Å². The van der Waals surface area contributed by atoms with Crippen molar-refractivity contribution in [3.63, 3.8) is 0 Å². The SMILES string of the molecule is CN=C(NCCOC1CCCCCC1)N1CCN(Cc2cc(C)on2)CC1. The summed E-state index contributed by atoms with van der Waals surface area (Å²) in [6, 6.07) is 2.02. The van der Waals surface area contributed by atoms with Crippen molar-refractivity contribution in [2.75, 3.05) is 46.4 Å². The molecular formula is C20H35N5O2. The summed E-state index contributed by atoms with van der Waals surface area (Å²) in [6.45, 7) is 8.32. The molecule has 2 aliphatic rings. The lowest BCUT2D eigenvalue weighted by molar-refractivity contribution is 0.0464. The van der Waals surface area contributed by atoms with Gasteiger partial charge in [-0.15, -0.1) is 0 Å². The summed E-state index contributed by atoms with van der Waals surface area (Å²) >= 11 is 0. The molecule has 1 aliphatic carbocycles. The number of rotatable bonds is 6. The average Bonchev–Trinajstić information content (AvgIpc) is 2.93. The van der Waals surface area contributed by atoms with Crippen LogP contribution in [-0.4, -0.2) is 73.4 Å². The van der Waals surface area contributed by atoms with Gasteiger partial charge in [0.25, 0.3) is 0 Å². The second-order valence-corrected chi connectivity index (χ2v) is 7.65. The van der Waals surface area contributed by atoms with Crippen LogP contribution in [0.2, 0.25) is 0 Å². The van der Waals surface area contributed by atoms with Gasteiger partial charge in [0.2, 0.25) is 0 Å². The van der Waals surface area contributed by atoms with Gasteiger partial charge in [0.1, 0.15) is 5.76 Å². The van der Waals surface area contributed by atoms with Crippen molar-refractivity contribution in [3.05, 3.63) is 17.5 Å². The van der Waals surface area contributed by atoms with Crippen LogP contribution in [0.5, 0.6) is 0 Å². The van der Waals surface area contributed by atoms with Crippen LogP contribution in [0, 0.1) is 6.92 Å². The van der Waals surface area contributed by atoms with Gasteiger partial charge >= 0.3 is 0 Å². The molecule has 1 aromatic rings. The first-order valence-electron chi connectivity index (χ1n) is 10.5. The van der Waals surface area contributed by atoms with Gasteiger partial charge in [0.05, 0.1) is 18.4 Å². The molecular weight excluding hydrogens is 342 g/mol. The van der Waals surface area contributed by atoms with E-state index in [1.807, 2.05) is 20.0 Å². The third-order valence-corrected chi connectivity index (χ3v) is 5.49. The van der Waals surface area contributed by atoms with Gasteiger partial charge in [-0.2, -0.15) is 0 Å². The van der Waals surface area contributed by atoms with Crippen molar-refractivity contribution in [3.8, 4) is 0 Å². The minimum atomic E-state index is 0.458.